The first kappa shape index (κ1) is 12.8. The van der Waals surface area contributed by atoms with Gasteiger partial charge in [0, 0.05) is 0 Å². The first-order valence-electron chi connectivity index (χ1n) is 5.61. The van der Waals surface area contributed by atoms with Gasteiger partial charge in [0.15, 0.2) is 0 Å². The van der Waals surface area contributed by atoms with E-state index in [2.05, 4.69) is 20.9 Å². The van der Waals surface area contributed by atoms with Gasteiger partial charge in [0.1, 0.15) is 6.33 Å². The Morgan fingerprint density at radius 2 is 2.32 bits per heavy atom. The first-order valence-corrected chi connectivity index (χ1v) is 5.61. The predicted octanol–water partition coefficient (Wildman–Crippen LogP) is 1.29. The number of methoxy groups -OCH3 is 1. The van der Waals surface area contributed by atoms with Crippen molar-refractivity contribution in [2.24, 2.45) is 0 Å². The SMILES string of the molecule is COC(=O)c1ncn(Cc2ccc(C#N)cc2C)n1. The van der Waals surface area contributed by atoms with Crippen LogP contribution < -0.4 is 0 Å². The van der Waals surface area contributed by atoms with Crippen LogP contribution in [0.3, 0.4) is 0 Å². The van der Waals surface area contributed by atoms with E-state index in [1.54, 1.807) is 10.7 Å². The molecule has 0 amide bonds. The van der Waals surface area contributed by atoms with E-state index in [-0.39, 0.29) is 5.82 Å². The number of nitriles is 1. The van der Waals surface area contributed by atoms with Crippen molar-refractivity contribution >= 4 is 5.97 Å². The monoisotopic (exact) mass is 256 g/mol. The molecule has 0 radical (unpaired) electrons. The molecule has 6 nitrogen and oxygen atoms in total. The zero-order valence-corrected chi connectivity index (χ0v) is 10.6. The fourth-order valence-electron chi connectivity index (χ4n) is 1.67. The van der Waals surface area contributed by atoms with Crippen molar-refractivity contribution in [3.63, 3.8) is 0 Å². The van der Waals surface area contributed by atoms with Gasteiger partial charge in [0.25, 0.3) is 5.82 Å². The highest BCUT2D eigenvalue weighted by Gasteiger charge is 2.11. The molecule has 0 fully saturated rings. The Morgan fingerprint density at radius 3 is 2.95 bits per heavy atom. The molecule has 96 valence electrons. The van der Waals surface area contributed by atoms with Gasteiger partial charge in [0.05, 0.1) is 25.3 Å². The van der Waals surface area contributed by atoms with Gasteiger partial charge in [-0.1, -0.05) is 6.07 Å². The highest BCUT2D eigenvalue weighted by molar-refractivity contribution is 5.84. The van der Waals surface area contributed by atoms with E-state index in [1.807, 2.05) is 19.1 Å². The van der Waals surface area contributed by atoms with Crippen LogP contribution in [-0.4, -0.2) is 27.8 Å². The highest BCUT2D eigenvalue weighted by Crippen LogP contribution is 2.11. The molecular formula is C13H12N4O2. The van der Waals surface area contributed by atoms with Crippen molar-refractivity contribution in [1.82, 2.24) is 14.8 Å². The molecule has 1 heterocycles. The van der Waals surface area contributed by atoms with Gasteiger partial charge in [-0.2, -0.15) is 5.26 Å². The van der Waals surface area contributed by atoms with Gasteiger partial charge in [-0.15, -0.1) is 5.10 Å². The lowest BCUT2D eigenvalue weighted by Gasteiger charge is -2.05. The zero-order chi connectivity index (χ0) is 13.8. The van der Waals surface area contributed by atoms with E-state index in [4.69, 9.17) is 5.26 Å². The standard InChI is InChI=1S/C13H12N4O2/c1-9-5-10(6-14)3-4-11(9)7-17-8-15-12(16-17)13(18)19-2/h3-5,8H,7H2,1-2H3. The van der Waals surface area contributed by atoms with Crippen LogP contribution in [0.15, 0.2) is 24.5 Å². The maximum Gasteiger partial charge on any atom is 0.377 e. The van der Waals surface area contributed by atoms with Gasteiger partial charge in [-0.3, -0.25) is 0 Å². The summed E-state index contributed by atoms with van der Waals surface area (Å²) in [6.45, 7) is 2.41. The normalized spacial score (nSPS) is 9.95. The van der Waals surface area contributed by atoms with Gasteiger partial charge in [-0.05, 0) is 30.2 Å². The summed E-state index contributed by atoms with van der Waals surface area (Å²) in [6, 6.07) is 7.52. The van der Waals surface area contributed by atoms with Gasteiger partial charge < -0.3 is 4.74 Å². The van der Waals surface area contributed by atoms with Crippen molar-refractivity contribution in [3.8, 4) is 6.07 Å². The Kier molecular flexibility index (Phi) is 3.57. The molecule has 0 aliphatic heterocycles. The number of carbonyl (C=O) groups excluding carboxylic acids is 1. The maximum absolute atomic E-state index is 11.2. The minimum Gasteiger partial charge on any atom is -0.463 e. The summed E-state index contributed by atoms with van der Waals surface area (Å²) in [6.07, 6.45) is 1.48. The predicted molar refractivity (Wildman–Crippen MR) is 66.4 cm³/mol. The van der Waals surface area contributed by atoms with Gasteiger partial charge in [-0.25, -0.2) is 14.5 Å². The molecule has 0 saturated heterocycles. The second-order valence-electron chi connectivity index (χ2n) is 4.01. The van der Waals surface area contributed by atoms with Crippen molar-refractivity contribution in [3.05, 3.63) is 47.0 Å². The van der Waals surface area contributed by atoms with Crippen LogP contribution >= 0.6 is 0 Å². The molecule has 0 spiro atoms. The van der Waals surface area contributed by atoms with Crippen LogP contribution in [0.1, 0.15) is 27.3 Å². The molecule has 0 unspecified atom stereocenters. The largest absolute Gasteiger partial charge is 0.463 e. The van der Waals surface area contributed by atoms with E-state index in [9.17, 15) is 4.79 Å². The summed E-state index contributed by atoms with van der Waals surface area (Å²) in [5.41, 5.74) is 2.63. The van der Waals surface area contributed by atoms with Crippen LogP contribution in [0, 0.1) is 18.3 Å². The third-order valence-corrected chi connectivity index (χ3v) is 2.71. The van der Waals surface area contributed by atoms with Crippen LogP contribution in [-0.2, 0) is 11.3 Å². The molecule has 0 bridgehead atoms. The van der Waals surface area contributed by atoms with Crippen LogP contribution in [0.25, 0.3) is 0 Å². The van der Waals surface area contributed by atoms with Gasteiger partial charge >= 0.3 is 5.97 Å². The molecule has 2 rings (SSSR count). The lowest BCUT2D eigenvalue weighted by Crippen LogP contribution is -2.07. The number of ether oxygens (including phenoxy) is 1. The number of hydrogen-bond acceptors (Lipinski definition) is 5. The second kappa shape index (κ2) is 5.31. The molecule has 0 aliphatic rings. The molecule has 19 heavy (non-hydrogen) atoms. The molecule has 6 heteroatoms. The summed E-state index contributed by atoms with van der Waals surface area (Å²) >= 11 is 0. The summed E-state index contributed by atoms with van der Waals surface area (Å²) in [5.74, 6) is -0.524. The Morgan fingerprint density at radius 1 is 1.53 bits per heavy atom. The number of rotatable bonds is 3. The van der Waals surface area contributed by atoms with Crippen LogP contribution in [0.5, 0.6) is 0 Å². The maximum atomic E-state index is 11.2. The molecular weight excluding hydrogens is 244 g/mol. The third kappa shape index (κ3) is 2.77. The Hall–Kier alpha value is -2.68. The highest BCUT2D eigenvalue weighted by atomic mass is 16.5. The second-order valence-corrected chi connectivity index (χ2v) is 4.01. The Bertz CT molecular complexity index is 655. The average molecular weight is 256 g/mol. The fraction of sp³-hybridized carbons (Fsp3) is 0.231. The van der Waals surface area contributed by atoms with Gasteiger partial charge in [0.2, 0.25) is 0 Å². The minimum absolute atomic E-state index is 0.0359. The van der Waals surface area contributed by atoms with Crippen LogP contribution in [0.4, 0.5) is 0 Å². The summed E-state index contributed by atoms with van der Waals surface area (Å²) in [4.78, 5) is 15.1. The Balaban J connectivity index is 2.20. The molecule has 0 N–H and O–H groups in total. The number of hydrogen-bond donors (Lipinski definition) is 0. The molecule has 1 aromatic carbocycles. The lowest BCUT2D eigenvalue weighted by molar-refractivity contribution is 0.0586. The van der Waals surface area contributed by atoms with E-state index in [1.165, 1.54) is 13.4 Å². The van der Waals surface area contributed by atoms with E-state index in [0.717, 1.165) is 11.1 Å². The Labute approximate surface area is 110 Å². The molecule has 2 aromatic rings. The first-order chi connectivity index (χ1) is 9.13. The third-order valence-electron chi connectivity index (χ3n) is 2.71. The summed E-state index contributed by atoms with van der Waals surface area (Å²) in [7, 11) is 1.29. The summed E-state index contributed by atoms with van der Waals surface area (Å²) < 4.78 is 6.10. The van der Waals surface area contributed by atoms with E-state index >= 15 is 0 Å². The number of esters is 1. The summed E-state index contributed by atoms with van der Waals surface area (Å²) in [5, 5.41) is 12.8. The number of aromatic nitrogens is 3. The molecule has 1 aromatic heterocycles. The minimum atomic E-state index is -0.560. The molecule has 0 atom stereocenters. The number of nitrogens with zero attached hydrogens (tertiary/aromatic N) is 4. The molecule has 0 saturated carbocycles. The van der Waals surface area contributed by atoms with Crippen molar-refractivity contribution in [2.75, 3.05) is 7.11 Å². The fourth-order valence-corrected chi connectivity index (χ4v) is 1.67. The van der Waals surface area contributed by atoms with E-state index < -0.39 is 5.97 Å². The van der Waals surface area contributed by atoms with E-state index in [0.29, 0.717) is 12.1 Å². The van der Waals surface area contributed by atoms with Crippen molar-refractivity contribution in [1.29, 1.82) is 5.26 Å². The lowest BCUT2D eigenvalue weighted by atomic mass is 10.1. The topological polar surface area (TPSA) is 80.8 Å². The van der Waals surface area contributed by atoms with Crippen molar-refractivity contribution < 1.29 is 9.53 Å². The molecule has 0 aliphatic carbocycles. The number of aryl methyl sites for hydroxylation is 1. The smallest absolute Gasteiger partial charge is 0.377 e. The number of benzene rings is 1. The number of carbonyl (C=O) groups is 1. The average Bonchev–Trinajstić information content (AvgIpc) is 2.88. The quantitative estimate of drug-likeness (QED) is 0.773. The van der Waals surface area contributed by atoms with Crippen LogP contribution in [0.2, 0.25) is 0 Å². The zero-order valence-electron chi connectivity index (χ0n) is 10.6. The van der Waals surface area contributed by atoms with Crippen molar-refractivity contribution in [2.45, 2.75) is 13.5 Å².